The van der Waals surface area contributed by atoms with E-state index in [1.54, 1.807) is 0 Å². The van der Waals surface area contributed by atoms with Gasteiger partial charge >= 0.3 is 5.97 Å². The summed E-state index contributed by atoms with van der Waals surface area (Å²) in [7, 11) is 0. The van der Waals surface area contributed by atoms with Gasteiger partial charge in [0.1, 0.15) is 6.33 Å². The normalized spacial score (nSPS) is 24.2. The summed E-state index contributed by atoms with van der Waals surface area (Å²) in [5.41, 5.74) is 0. The van der Waals surface area contributed by atoms with Gasteiger partial charge in [0.2, 0.25) is 5.82 Å². The second-order valence-corrected chi connectivity index (χ2v) is 3.79. The Bertz CT molecular complexity index is 389. The van der Waals surface area contributed by atoms with Gasteiger partial charge < -0.3 is 10.4 Å². The highest BCUT2D eigenvalue weighted by Gasteiger charge is 2.34. The summed E-state index contributed by atoms with van der Waals surface area (Å²) in [6, 6.07) is -0.310. The van der Waals surface area contributed by atoms with Crippen molar-refractivity contribution < 1.29 is 14.7 Å². The highest BCUT2D eigenvalue weighted by atomic mass is 16.4. The van der Waals surface area contributed by atoms with Crippen LogP contribution >= 0.6 is 0 Å². The molecule has 86 valence electrons. The van der Waals surface area contributed by atoms with Gasteiger partial charge in [-0.1, -0.05) is 6.42 Å². The van der Waals surface area contributed by atoms with Crippen LogP contribution in [0.5, 0.6) is 0 Å². The Morgan fingerprint density at radius 1 is 1.50 bits per heavy atom. The predicted octanol–water partition coefficient (Wildman–Crippen LogP) is -0.212. The van der Waals surface area contributed by atoms with Crippen molar-refractivity contribution in [2.45, 2.75) is 25.3 Å². The highest BCUT2D eigenvalue weighted by molar-refractivity contribution is 5.90. The predicted molar refractivity (Wildman–Crippen MR) is 52.6 cm³/mol. The summed E-state index contributed by atoms with van der Waals surface area (Å²) in [5.74, 6) is -1.65. The molecule has 0 aromatic carbocycles. The first kappa shape index (κ1) is 10.6. The zero-order valence-corrected chi connectivity index (χ0v) is 8.51. The van der Waals surface area contributed by atoms with E-state index in [9.17, 15) is 9.59 Å². The number of aromatic amines is 1. The minimum atomic E-state index is -0.861. The molecule has 7 heteroatoms. The first-order chi connectivity index (χ1) is 7.68. The maximum absolute atomic E-state index is 11.6. The fourth-order valence-corrected chi connectivity index (χ4v) is 1.98. The van der Waals surface area contributed by atoms with Gasteiger partial charge in [-0.25, -0.2) is 4.98 Å². The fourth-order valence-electron chi connectivity index (χ4n) is 1.98. The number of hydrogen-bond donors (Lipinski definition) is 3. The van der Waals surface area contributed by atoms with E-state index in [2.05, 4.69) is 20.5 Å². The lowest BCUT2D eigenvalue weighted by molar-refractivity contribution is -0.142. The number of hydrogen-bond acceptors (Lipinski definition) is 4. The van der Waals surface area contributed by atoms with E-state index in [0.717, 1.165) is 6.42 Å². The zero-order valence-electron chi connectivity index (χ0n) is 8.51. The van der Waals surface area contributed by atoms with Crippen LogP contribution in [0, 0.1) is 5.92 Å². The molecule has 7 nitrogen and oxygen atoms in total. The molecule has 1 aromatic heterocycles. The first-order valence-corrected chi connectivity index (χ1v) is 5.07. The zero-order chi connectivity index (χ0) is 11.5. The molecule has 0 radical (unpaired) electrons. The van der Waals surface area contributed by atoms with E-state index in [0.29, 0.717) is 12.8 Å². The molecule has 0 bridgehead atoms. The van der Waals surface area contributed by atoms with Crippen LogP contribution in [-0.2, 0) is 4.79 Å². The molecule has 1 fully saturated rings. The molecule has 1 aromatic rings. The molecule has 1 aliphatic carbocycles. The van der Waals surface area contributed by atoms with E-state index in [-0.39, 0.29) is 11.9 Å². The summed E-state index contributed by atoms with van der Waals surface area (Å²) in [6.07, 6.45) is 3.35. The van der Waals surface area contributed by atoms with E-state index >= 15 is 0 Å². The van der Waals surface area contributed by atoms with Crippen LogP contribution in [0.3, 0.4) is 0 Å². The number of aliphatic carboxylic acids is 1. The van der Waals surface area contributed by atoms with E-state index in [1.165, 1.54) is 6.33 Å². The molecular formula is C9H12N4O3. The van der Waals surface area contributed by atoms with Crippen LogP contribution < -0.4 is 5.32 Å². The average molecular weight is 224 g/mol. The molecule has 3 N–H and O–H groups in total. The van der Waals surface area contributed by atoms with Crippen molar-refractivity contribution in [2.75, 3.05) is 0 Å². The summed E-state index contributed by atoms with van der Waals surface area (Å²) in [6.45, 7) is 0. The Labute approximate surface area is 91.3 Å². The Morgan fingerprint density at radius 3 is 2.94 bits per heavy atom. The summed E-state index contributed by atoms with van der Waals surface area (Å²) < 4.78 is 0. The quantitative estimate of drug-likeness (QED) is 0.658. The lowest BCUT2D eigenvalue weighted by Gasteiger charge is -2.16. The van der Waals surface area contributed by atoms with Crippen molar-refractivity contribution >= 4 is 11.9 Å². The second kappa shape index (κ2) is 4.30. The minimum absolute atomic E-state index is 0.107. The SMILES string of the molecule is O=C(NC1CCCC1C(=O)O)c1ncn[nH]1. The average Bonchev–Trinajstić information content (AvgIpc) is 2.86. The standard InChI is InChI=1S/C9H12N4O3/c14-8(7-10-4-11-13-7)12-6-3-1-2-5(6)9(15)16/h4-6H,1-3H2,(H,12,14)(H,15,16)(H,10,11,13). The molecule has 2 rings (SSSR count). The van der Waals surface area contributed by atoms with Gasteiger partial charge in [0.25, 0.3) is 5.91 Å². The van der Waals surface area contributed by atoms with Crippen LogP contribution in [-0.4, -0.2) is 38.2 Å². The van der Waals surface area contributed by atoms with Gasteiger partial charge in [-0.15, -0.1) is 0 Å². The molecule has 2 unspecified atom stereocenters. The van der Waals surface area contributed by atoms with Crippen molar-refractivity contribution in [3.63, 3.8) is 0 Å². The Kier molecular flexibility index (Phi) is 2.84. The lowest BCUT2D eigenvalue weighted by atomic mass is 10.0. The molecule has 1 amide bonds. The molecule has 16 heavy (non-hydrogen) atoms. The largest absolute Gasteiger partial charge is 0.481 e. The van der Waals surface area contributed by atoms with Crippen LogP contribution in [0.1, 0.15) is 29.9 Å². The Balaban J connectivity index is 1.99. The number of carbonyl (C=O) groups is 2. The number of carbonyl (C=O) groups excluding carboxylic acids is 1. The number of carboxylic acids is 1. The number of carboxylic acid groups (broad SMARTS) is 1. The summed E-state index contributed by atoms with van der Waals surface area (Å²) in [5, 5.41) is 17.6. The molecule has 1 heterocycles. The van der Waals surface area contributed by atoms with Crippen molar-refractivity contribution in [3.8, 4) is 0 Å². The molecular weight excluding hydrogens is 212 g/mol. The summed E-state index contributed by atoms with van der Waals surface area (Å²) in [4.78, 5) is 26.2. The molecule has 0 saturated heterocycles. The van der Waals surface area contributed by atoms with Crippen LogP contribution in [0.15, 0.2) is 6.33 Å². The minimum Gasteiger partial charge on any atom is -0.481 e. The summed E-state index contributed by atoms with van der Waals surface area (Å²) >= 11 is 0. The third kappa shape index (κ3) is 2.02. The molecule has 0 aliphatic heterocycles. The maximum atomic E-state index is 11.6. The van der Waals surface area contributed by atoms with Gasteiger partial charge in [-0.2, -0.15) is 5.10 Å². The Hall–Kier alpha value is -1.92. The van der Waals surface area contributed by atoms with E-state index in [1.807, 2.05) is 0 Å². The van der Waals surface area contributed by atoms with Crippen LogP contribution in [0.25, 0.3) is 0 Å². The maximum Gasteiger partial charge on any atom is 0.308 e. The number of H-pyrrole nitrogens is 1. The third-order valence-corrected chi connectivity index (χ3v) is 2.78. The molecule has 2 atom stereocenters. The number of nitrogens with zero attached hydrogens (tertiary/aromatic N) is 2. The van der Waals surface area contributed by atoms with Gasteiger partial charge in [0.05, 0.1) is 5.92 Å². The monoisotopic (exact) mass is 224 g/mol. The number of nitrogens with one attached hydrogen (secondary N) is 2. The topological polar surface area (TPSA) is 108 Å². The van der Waals surface area contributed by atoms with E-state index in [4.69, 9.17) is 5.11 Å². The Morgan fingerprint density at radius 2 is 2.31 bits per heavy atom. The van der Waals surface area contributed by atoms with Gasteiger partial charge in [0.15, 0.2) is 0 Å². The van der Waals surface area contributed by atoms with E-state index < -0.39 is 17.8 Å². The van der Waals surface area contributed by atoms with Crippen molar-refractivity contribution in [2.24, 2.45) is 5.92 Å². The van der Waals surface area contributed by atoms with Crippen molar-refractivity contribution in [1.82, 2.24) is 20.5 Å². The van der Waals surface area contributed by atoms with Gasteiger partial charge in [-0.05, 0) is 12.8 Å². The van der Waals surface area contributed by atoms with Gasteiger partial charge in [-0.3, -0.25) is 14.7 Å². The van der Waals surface area contributed by atoms with Gasteiger partial charge in [0, 0.05) is 6.04 Å². The lowest BCUT2D eigenvalue weighted by Crippen LogP contribution is -2.40. The second-order valence-electron chi connectivity index (χ2n) is 3.79. The molecule has 1 aliphatic rings. The smallest absolute Gasteiger partial charge is 0.308 e. The van der Waals surface area contributed by atoms with Crippen molar-refractivity contribution in [3.05, 3.63) is 12.2 Å². The van der Waals surface area contributed by atoms with Crippen LogP contribution in [0.4, 0.5) is 0 Å². The first-order valence-electron chi connectivity index (χ1n) is 5.07. The highest BCUT2D eigenvalue weighted by Crippen LogP contribution is 2.25. The molecule has 0 spiro atoms. The third-order valence-electron chi connectivity index (χ3n) is 2.78. The fraction of sp³-hybridized carbons (Fsp3) is 0.556. The molecule has 1 saturated carbocycles. The van der Waals surface area contributed by atoms with Crippen molar-refractivity contribution in [1.29, 1.82) is 0 Å². The number of rotatable bonds is 3. The number of aromatic nitrogens is 3. The van der Waals surface area contributed by atoms with Crippen LogP contribution in [0.2, 0.25) is 0 Å². The number of amides is 1.